The zero-order valence-corrected chi connectivity index (χ0v) is 14.7. The van der Waals surface area contributed by atoms with Gasteiger partial charge in [0.15, 0.2) is 0 Å². The van der Waals surface area contributed by atoms with E-state index in [1.54, 1.807) is 7.11 Å². The molecule has 1 fully saturated rings. The van der Waals surface area contributed by atoms with Gasteiger partial charge < -0.3 is 9.64 Å². The Balaban J connectivity index is 1.42. The van der Waals surface area contributed by atoms with Crippen LogP contribution in [-0.2, 0) is 17.6 Å². The Morgan fingerprint density at radius 2 is 1.68 bits per heavy atom. The summed E-state index contributed by atoms with van der Waals surface area (Å²) in [5.41, 5.74) is 2.35. The van der Waals surface area contributed by atoms with Gasteiger partial charge in [0.1, 0.15) is 5.75 Å². The fraction of sp³-hybridized carbons (Fsp3) is 0.400. The van der Waals surface area contributed by atoms with Crippen molar-refractivity contribution in [2.24, 2.45) is 0 Å². The summed E-state index contributed by atoms with van der Waals surface area (Å²) in [7, 11) is 1.65. The maximum atomic E-state index is 12.5. The lowest BCUT2D eigenvalue weighted by Gasteiger charge is -2.34. The molecule has 0 spiro atoms. The number of hydrogen-bond acceptors (Lipinski definition) is 4. The summed E-state index contributed by atoms with van der Waals surface area (Å²) in [6.45, 7) is 4.54. The second-order valence-electron chi connectivity index (χ2n) is 6.35. The van der Waals surface area contributed by atoms with E-state index in [9.17, 15) is 4.79 Å². The second kappa shape index (κ2) is 8.62. The van der Waals surface area contributed by atoms with Crippen LogP contribution in [0.15, 0.2) is 48.8 Å². The topological polar surface area (TPSA) is 45.7 Å². The summed E-state index contributed by atoms with van der Waals surface area (Å²) >= 11 is 0. The summed E-state index contributed by atoms with van der Waals surface area (Å²) in [6, 6.07) is 11.9. The third kappa shape index (κ3) is 5.03. The smallest absolute Gasteiger partial charge is 0.227 e. The van der Waals surface area contributed by atoms with Gasteiger partial charge in [-0.1, -0.05) is 12.1 Å². The zero-order chi connectivity index (χ0) is 17.5. The molecule has 1 aliphatic heterocycles. The molecule has 0 bridgehead atoms. The Hall–Kier alpha value is -2.40. The predicted octanol–water partition coefficient (Wildman–Crippen LogP) is 2.02. The van der Waals surface area contributed by atoms with E-state index in [4.69, 9.17) is 4.74 Å². The van der Waals surface area contributed by atoms with E-state index in [0.717, 1.165) is 50.5 Å². The molecule has 0 atom stereocenters. The molecule has 0 saturated carbocycles. The number of piperazine rings is 1. The van der Waals surface area contributed by atoms with Crippen molar-refractivity contribution in [1.82, 2.24) is 14.8 Å². The van der Waals surface area contributed by atoms with Crippen molar-refractivity contribution in [2.75, 3.05) is 39.8 Å². The van der Waals surface area contributed by atoms with Crippen molar-refractivity contribution in [3.63, 3.8) is 0 Å². The first-order valence-electron chi connectivity index (χ1n) is 8.76. The molecule has 1 aromatic carbocycles. The van der Waals surface area contributed by atoms with E-state index in [1.165, 1.54) is 5.56 Å². The Labute approximate surface area is 149 Å². The standard InChI is InChI=1S/C20H25N3O2/c1-25-19-4-2-18(3-5-19)16-20(24)23-14-12-22(13-15-23)11-8-17-6-9-21-10-7-17/h2-7,9-10H,8,11-16H2,1H3. The lowest BCUT2D eigenvalue weighted by Crippen LogP contribution is -2.49. The molecule has 1 aromatic heterocycles. The van der Waals surface area contributed by atoms with Crippen LogP contribution in [0.1, 0.15) is 11.1 Å². The molecule has 25 heavy (non-hydrogen) atoms. The van der Waals surface area contributed by atoms with E-state index < -0.39 is 0 Å². The Kier molecular flexibility index (Phi) is 6.01. The molecule has 1 amide bonds. The molecular weight excluding hydrogens is 314 g/mol. The highest BCUT2D eigenvalue weighted by molar-refractivity contribution is 5.78. The third-order valence-electron chi connectivity index (χ3n) is 4.71. The van der Waals surface area contributed by atoms with Gasteiger partial charge in [-0.15, -0.1) is 0 Å². The Morgan fingerprint density at radius 3 is 2.32 bits per heavy atom. The summed E-state index contributed by atoms with van der Waals surface area (Å²) in [5, 5.41) is 0. The van der Waals surface area contributed by atoms with Gasteiger partial charge in [0.05, 0.1) is 13.5 Å². The molecule has 2 aromatic rings. The Bertz CT molecular complexity index is 665. The van der Waals surface area contributed by atoms with Crippen LogP contribution in [0.25, 0.3) is 0 Å². The summed E-state index contributed by atoms with van der Waals surface area (Å²) < 4.78 is 5.15. The Morgan fingerprint density at radius 1 is 1.00 bits per heavy atom. The number of carbonyl (C=O) groups is 1. The number of hydrogen-bond donors (Lipinski definition) is 0. The van der Waals surface area contributed by atoms with Crippen molar-refractivity contribution in [3.8, 4) is 5.75 Å². The van der Waals surface area contributed by atoms with Crippen LogP contribution in [0.2, 0.25) is 0 Å². The van der Waals surface area contributed by atoms with Crippen LogP contribution in [0.5, 0.6) is 5.75 Å². The number of pyridine rings is 1. The first-order chi connectivity index (χ1) is 12.2. The van der Waals surface area contributed by atoms with E-state index in [2.05, 4.69) is 22.0 Å². The van der Waals surface area contributed by atoms with Crippen molar-refractivity contribution in [1.29, 1.82) is 0 Å². The average molecular weight is 339 g/mol. The van der Waals surface area contributed by atoms with Gasteiger partial charge in [0.2, 0.25) is 5.91 Å². The lowest BCUT2D eigenvalue weighted by atomic mass is 10.1. The van der Waals surface area contributed by atoms with Crippen LogP contribution in [0, 0.1) is 0 Å². The summed E-state index contributed by atoms with van der Waals surface area (Å²) in [6.07, 6.45) is 5.17. The number of ether oxygens (including phenoxy) is 1. The van der Waals surface area contributed by atoms with Crippen molar-refractivity contribution in [3.05, 3.63) is 59.9 Å². The highest BCUT2D eigenvalue weighted by atomic mass is 16.5. The van der Waals surface area contributed by atoms with E-state index >= 15 is 0 Å². The highest BCUT2D eigenvalue weighted by Gasteiger charge is 2.20. The van der Waals surface area contributed by atoms with Crippen LogP contribution >= 0.6 is 0 Å². The zero-order valence-electron chi connectivity index (χ0n) is 14.7. The molecule has 1 aliphatic rings. The first-order valence-corrected chi connectivity index (χ1v) is 8.76. The lowest BCUT2D eigenvalue weighted by molar-refractivity contribution is -0.132. The molecule has 0 radical (unpaired) electrons. The quantitative estimate of drug-likeness (QED) is 0.808. The molecule has 2 heterocycles. The van der Waals surface area contributed by atoms with Crippen LogP contribution < -0.4 is 4.74 Å². The third-order valence-corrected chi connectivity index (χ3v) is 4.71. The van der Waals surface area contributed by atoms with Gasteiger partial charge in [-0.25, -0.2) is 0 Å². The van der Waals surface area contributed by atoms with Gasteiger partial charge >= 0.3 is 0 Å². The second-order valence-corrected chi connectivity index (χ2v) is 6.35. The number of aromatic nitrogens is 1. The number of nitrogens with zero attached hydrogens (tertiary/aromatic N) is 3. The number of benzene rings is 1. The summed E-state index contributed by atoms with van der Waals surface area (Å²) in [4.78, 5) is 20.9. The van der Waals surface area contributed by atoms with Gasteiger partial charge in [-0.3, -0.25) is 14.7 Å². The molecule has 1 saturated heterocycles. The van der Waals surface area contributed by atoms with Crippen LogP contribution in [0.3, 0.4) is 0 Å². The van der Waals surface area contributed by atoms with Crippen molar-refractivity contribution >= 4 is 5.91 Å². The molecule has 0 aliphatic carbocycles. The van der Waals surface area contributed by atoms with Gasteiger partial charge in [-0.05, 0) is 41.8 Å². The monoisotopic (exact) mass is 339 g/mol. The van der Waals surface area contributed by atoms with Gasteiger partial charge in [0, 0.05) is 45.1 Å². The first kappa shape index (κ1) is 17.4. The predicted molar refractivity (Wildman–Crippen MR) is 97.7 cm³/mol. The molecule has 5 nitrogen and oxygen atoms in total. The normalized spacial score (nSPS) is 15.2. The number of amides is 1. The van der Waals surface area contributed by atoms with Crippen molar-refractivity contribution < 1.29 is 9.53 Å². The van der Waals surface area contributed by atoms with E-state index in [-0.39, 0.29) is 5.91 Å². The summed E-state index contributed by atoms with van der Waals surface area (Å²) in [5.74, 6) is 1.03. The van der Waals surface area contributed by atoms with E-state index in [1.807, 2.05) is 41.6 Å². The minimum Gasteiger partial charge on any atom is -0.497 e. The number of carbonyl (C=O) groups excluding carboxylic acids is 1. The van der Waals surface area contributed by atoms with Gasteiger partial charge in [0.25, 0.3) is 0 Å². The maximum Gasteiger partial charge on any atom is 0.227 e. The minimum absolute atomic E-state index is 0.207. The maximum absolute atomic E-state index is 12.5. The molecule has 0 unspecified atom stereocenters. The molecule has 0 N–H and O–H groups in total. The fourth-order valence-corrected chi connectivity index (χ4v) is 3.09. The highest BCUT2D eigenvalue weighted by Crippen LogP contribution is 2.13. The molecular formula is C20H25N3O2. The van der Waals surface area contributed by atoms with E-state index in [0.29, 0.717) is 6.42 Å². The molecule has 3 rings (SSSR count). The SMILES string of the molecule is COc1ccc(CC(=O)N2CCN(CCc3ccncc3)CC2)cc1. The number of methoxy groups -OCH3 is 1. The van der Waals surface area contributed by atoms with Crippen LogP contribution in [-0.4, -0.2) is 60.5 Å². The fourth-order valence-electron chi connectivity index (χ4n) is 3.09. The van der Waals surface area contributed by atoms with Crippen molar-refractivity contribution in [2.45, 2.75) is 12.8 Å². The largest absolute Gasteiger partial charge is 0.497 e. The minimum atomic E-state index is 0.207. The molecule has 132 valence electrons. The number of rotatable bonds is 6. The molecule has 5 heteroatoms. The average Bonchev–Trinajstić information content (AvgIpc) is 2.68. The van der Waals surface area contributed by atoms with Crippen LogP contribution in [0.4, 0.5) is 0 Å². The van der Waals surface area contributed by atoms with Gasteiger partial charge in [-0.2, -0.15) is 0 Å².